The van der Waals surface area contributed by atoms with E-state index in [1.807, 2.05) is 19.1 Å². The van der Waals surface area contributed by atoms with Gasteiger partial charge in [-0.25, -0.2) is 4.98 Å². The topological polar surface area (TPSA) is 37.0 Å². The Balaban J connectivity index is 2.31. The van der Waals surface area contributed by atoms with Crippen LogP contribution in [-0.2, 0) is 0 Å². The maximum Gasteiger partial charge on any atom is 0.151 e. The van der Waals surface area contributed by atoms with E-state index in [-0.39, 0.29) is 0 Å². The summed E-state index contributed by atoms with van der Waals surface area (Å²) in [6.07, 6.45) is 0. The molecule has 19 heavy (non-hydrogen) atoms. The van der Waals surface area contributed by atoms with Gasteiger partial charge in [0.1, 0.15) is 5.82 Å². The standard InChI is InChI=1S/C13H12Cl3N3/c1-2-17-12-10(15)7-11(16)13(19-12)18-9-5-3-4-8(14)6-9/h3-7H,2H2,1H3,(H2,17,18,19). The van der Waals surface area contributed by atoms with E-state index in [2.05, 4.69) is 15.6 Å². The Morgan fingerprint density at radius 2 is 1.79 bits per heavy atom. The summed E-state index contributed by atoms with van der Waals surface area (Å²) in [7, 11) is 0. The summed E-state index contributed by atoms with van der Waals surface area (Å²) in [5.41, 5.74) is 0.812. The van der Waals surface area contributed by atoms with Crippen molar-refractivity contribution in [1.82, 2.24) is 4.98 Å². The highest BCUT2D eigenvalue weighted by Gasteiger charge is 2.09. The molecule has 6 heteroatoms. The molecule has 0 radical (unpaired) electrons. The van der Waals surface area contributed by atoms with Crippen LogP contribution in [0, 0.1) is 0 Å². The maximum absolute atomic E-state index is 6.12. The number of halogens is 3. The molecule has 1 aromatic heterocycles. The summed E-state index contributed by atoms with van der Waals surface area (Å²) in [5, 5.41) is 7.77. The van der Waals surface area contributed by atoms with Gasteiger partial charge in [-0.05, 0) is 31.2 Å². The zero-order valence-corrected chi connectivity index (χ0v) is 12.4. The molecule has 0 amide bonds. The Morgan fingerprint density at radius 3 is 2.47 bits per heavy atom. The molecule has 1 aromatic carbocycles. The van der Waals surface area contributed by atoms with E-state index < -0.39 is 0 Å². The predicted octanol–water partition coefficient (Wildman–Crippen LogP) is 5.22. The fourth-order valence-corrected chi connectivity index (χ4v) is 2.21. The van der Waals surface area contributed by atoms with Gasteiger partial charge in [-0.2, -0.15) is 0 Å². The SMILES string of the molecule is CCNc1nc(Nc2cccc(Cl)c2)c(Cl)cc1Cl. The van der Waals surface area contributed by atoms with E-state index in [1.165, 1.54) is 0 Å². The Labute approximate surface area is 126 Å². The van der Waals surface area contributed by atoms with Crippen molar-refractivity contribution in [2.45, 2.75) is 6.92 Å². The van der Waals surface area contributed by atoms with Crippen molar-refractivity contribution in [3.63, 3.8) is 0 Å². The number of rotatable bonds is 4. The van der Waals surface area contributed by atoms with Gasteiger partial charge in [0.05, 0.1) is 10.0 Å². The zero-order valence-electron chi connectivity index (χ0n) is 10.2. The molecule has 100 valence electrons. The molecule has 0 saturated carbocycles. The van der Waals surface area contributed by atoms with Gasteiger partial charge in [-0.3, -0.25) is 0 Å². The molecule has 0 spiro atoms. The molecule has 3 nitrogen and oxygen atoms in total. The van der Waals surface area contributed by atoms with Gasteiger partial charge in [0.15, 0.2) is 5.82 Å². The number of benzene rings is 1. The van der Waals surface area contributed by atoms with Crippen LogP contribution >= 0.6 is 34.8 Å². The summed E-state index contributed by atoms with van der Waals surface area (Å²) in [6.45, 7) is 2.70. The highest BCUT2D eigenvalue weighted by atomic mass is 35.5. The lowest BCUT2D eigenvalue weighted by atomic mass is 10.3. The molecule has 0 unspecified atom stereocenters. The fraction of sp³-hybridized carbons (Fsp3) is 0.154. The number of hydrogen-bond acceptors (Lipinski definition) is 3. The summed E-state index contributed by atoms with van der Waals surface area (Å²) in [5.74, 6) is 1.13. The summed E-state index contributed by atoms with van der Waals surface area (Å²) in [6, 6.07) is 8.97. The first kappa shape index (κ1) is 14.3. The van der Waals surface area contributed by atoms with Crippen molar-refractivity contribution < 1.29 is 0 Å². The Kier molecular flexibility index (Phi) is 4.75. The van der Waals surface area contributed by atoms with Crippen molar-refractivity contribution in [1.29, 1.82) is 0 Å². The maximum atomic E-state index is 6.12. The van der Waals surface area contributed by atoms with Crippen LogP contribution in [0.15, 0.2) is 30.3 Å². The lowest BCUT2D eigenvalue weighted by molar-refractivity contribution is 1.16. The predicted molar refractivity (Wildman–Crippen MR) is 83.2 cm³/mol. The Bertz CT molecular complexity index is 587. The molecular formula is C13H12Cl3N3. The van der Waals surface area contributed by atoms with Crippen LogP contribution in [0.4, 0.5) is 17.3 Å². The van der Waals surface area contributed by atoms with Crippen LogP contribution in [0.3, 0.4) is 0 Å². The molecule has 2 aromatic rings. The number of anilines is 3. The lowest BCUT2D eigenvalue weighted by Gasteiger charge is -2.11. The molecule has 0 fully saturated rings. The number of pyridine rings is 1. The quantitative estimate of drug-likeness (QED) is 0.812. The second kappa shape index (κ2) is 6.33. The molecule has 0 atom stereocenters. The molecular weight excluding hydrogens is 305 g/mol. The minimum atomic E-state index is 0.451. The molecule has 0 aliphatic heterocycles. The normalized spacial score (nSPS) is 10.3. The summed E-state index contributed by atoms with van der Waals surface area (Å²) < 4.78 is 0. The van der Waals surface area contributed by atoms with Crippen molar-refractivity contribution >= 4 is 52.1 Å². The van der Waals surface area contributed by atoms with Crippen molar-refractivity contribution in [2.24, 2.45) is 0 Å². The van der Waals surface area contributed by atoms with Crippen molar-refractivity contribution in [3.8, 4) is 0 Å². The number of aromatic nitrogens is 1. The van der Waals surface area contributed by atoms with Gasteiger partial charge in [0.2, 0.25) is 0 Å². The second-order valence-corrected chi connectivity index (χ2v) is 5.07. The van der Waals surface area contributed by atoms with E-state index in [1.54, 1.807) is 18.2 Å². The highest BCUT2D eigenvalue weighted by Crippen LogP contribution is 2.31. The molecule has 0 bridgehead atoms. The van der Waals surface area contributed by atoms with Crippen LogP contribution < -0.4 is 10.6 Å². The van der Waals surface area contributed by atoms with Crippen LogP contribution in [0.25, 0.3) is 0 Å². The smallest absolute Gasteiger partial charge is 0.151 e. The summed E-state index contributed by atoms with van der Waals surface area (Å²) in [4.78, 5) is 4.36. The van der Waals surface area contributed by atoms with E-state index >= 15 is 0 Å². The largest absolute Gasteiger partial charge is 0.369 e. The Morgan fingerprint density at radius 1 is 1.05 bits per heavy atom. The van der Waals surface area contributed by atoms with Crippen LogP contribution in [-0.4, -0.2) is 11.5 Å². The first-order chi connectivity index (χ1) is 9.10. The first-order valence-corrected chi connectivity index (χ1v) is 6.86. The minimum absolute atomic E-state index is 0.451. The molecule has 1 heterocycles. The molecule has 2 N–H and O–H groups in total. The molecule has 2 rings (SSSR count). The average molecular weight is 317 g/mol. The number of hydrogen-bond donors (Lipinski definition) is 2. The highest BCUT2D eigenvalue weighted by molar-refractivity contribution is 6.37. The van der Waals surface area contributed by atoms with E-state index in [9.17, 15) is 0 Å². The van der Waals surface area contributed by atoms with Gasteiger partial charge >= 0.3 is 0 Å². The minimum Gasteiger partial charge on any atom is -0.369 e. The van der Waals surface area contributed by atoms with Gasteiger partial charge in [0.25, 0.3) is 0 Å². The monoisotopic (exact) mass is 315 g/mol. The zero-order chi connectivity index (χ0) is 13.8. The van der Waals surface area contributed by atoms with Crippen LogP contribution in [0.2, 0.25) is 15.1 Å². The van der Waals surface area contributed by atoms with E-state index in [0.717, 1.165) is 12.2 Å². The average Bonchev–Trinajstić information content (AvgIpc) is 2.35. The van der Waals surface area contributed by atoms with Crippen molar-refractivity contribution in [2.75, 3.05) is 17.2 Å². The molecule has 0 aliphatic rings. The number of nitrogens with zero attached hydrogens (tertiary/aromatic N) is 1. The third kappa shape index (κ3) is 3.66. The van der Waals surface area contributed by atoms with Gasteiger partial charge in [0, 0.05) is 17.3 Å². The van der Waals surface area contributed by atoms with E-state index in [4.69, 9.17) is 34.8 Å². The van der Waals surface area contributed by atoms with E-state index in [0.29, 0.717) is 26.7 Å². The number of nitrogens with one attached hydrogen (secondary N) is 2. The lowest BCUT2D eigenvalue weighted by Crippen LogP contribution is -2.03. The third-order valence-electron chi connectivity index (χ3n) is 2.36. The van der Waals surface area contributed by atoms with Crippen LogP contribution in [0.1, 0.15) is 6.92 Å². The fourth-order valence-electron chi connectivity index (χ4n) is 1.55. The van der Waals surface area contributed by atoms with Crippen molar-refractivity contribution in [3.05, 3.63) is 45.4 Å². The third-order valence-corrected chi connectivity index (χ3v) is 3.17. The van der Waals surface area contributed by atoms with Gasteiger partial charge in [-0.15, -0.1) is 0 Å². The second-order valence-electron chi connectivity index (χ2n) is 3.81. The summed E-state index contributed by atoms with van der Waals surface area (Å²) >= 11 is 18.1. The van der Waals surface area contributed by atoms with Gasteiger partial charge < -0.3 is 10.6 Å². The molecule has 0 saturated heterocycles. The van der Waals surface area contributed by atoms with Crippen LogP contribution in [0.5, 0.6) is 0 Å². The first-order valence-electron chi connectivity index (χ1n) is 5.72. The van der Waals surface area contributed by atoms with Gasteiger partial charge in [-0.1, -0.05) is 40.9 Å². The molecule has 0 aliphatic carbocycles. The Hall–Kier alpha value is -1.16.